The molecule has 0 saturated carbocycles. The van der Waals surface area contributed by atoms with Crippen molar-refractivity contribution in [3.63, 3.8) is 0 Å². The Morgan fingerprint density at radius 3 is 2.80 bits per heavy atom. The Balaban J connectivity index is 1.96. The van der Waals surface area contributed by atoms with Crippen LogP contribution in [-0.4, -0.2) is 23.4 Å². The van der Waals surface area contributed by atoms with Crippen LogP contribution in [0.15, 0.2) is 24.4 Å². The third-order valence-electron chi connectivity index (χ3n) is 4.33. The molecule has 0 fully saturated rings. The van der Waals surface area contributed by atoms with Crippen LogP contribution in [0, 0.1) is 0 Å². The summed E-state index contributed by atoms with van der Waals surface area (Å²) in [6.07, 6.45) is 8.17. The number of aromatic nitrogens is 2. The summed E-state index contributed by atoms with van der Waals surface area (Å²) in [6.45, 7) is 0.984. The molecule has 3 rings (SSSR count). The zero-order valence-electron chi connectivity index (χ0n) is 12.4. The van der Waals surface area contributed by atoms with Crippen molar-refractivity contribution in [2.75, 3.05) is 13.6 Å². The summed E-state index contributed by atoms with van der Waals surface area (Å²) in [5, 5.41) is 7.67. The number of likely N-dealkylation sites (N-methyl/N-ethyl adjacent to an activating group) is 1. The molecule has 2 aromatic rings. The lowest BCUT2D eigenvalue weighted by atomic mass is 9.89. The van der Waals surface area contributed by atoms with Gasteiger partial charge in [-0.3, -0.25) is 4.68 Å². The fourth-order valence-electron chi connectivity index (χ4n) is 3.14. The van der Waals surface area contributed by atoms with E-state index in [1.165, 1.54) is 48.1 Å². The van der Waals surface area contributed by atoms with Crippen LogP contribution in [0.1, 0.15) is 29.7 Å². The van der Waals surface area contributed by atoms with Crippen molar-refractivity contribution >= 4 is 0 Å². The van der Waals surface area contributed by atoms with Gasteiger partial charge in [0.25, 0.3) is 0 Å². The smallest absolute Gasteiger partial charge is 0.0571 e. The Bertz CT molecular complexity index is 598. The molecule has 106 valence electrons. The topological polar surface area (TPSA) is 29.9 Å². The van der Waals surface area contributed by atoms with Crippen LogP contribution in [0.5, 0.6) is 0 Å². The van der Waals surface area contributed by atoms with E-state index < -0.39 is 0 Å². The molecule has 0 spiro atoms. The van der Waals surface area contributed by atoms with Gasteiger partial charge in [-0.05, 0) is 49.4 Å². The quantitative estimate of drug-likeness (QED) is 0.925. The summed E-state index contributed by atoms with van der Waals surface area (Å²) >= 11 is 0. The first kappa shape index (κ1) is 13.4. The highest BCUT2D eigenvalue weighted by atomic mass is 15.3. The van der Waals surface area contributed by atoms with Gasteiger partial charge in [-0.15, -0.1) is 0 Å². The van der Waals surface area contributed by atoms with Gasteiger partial charge in [0.1, 0.15) is 0 Å². The summed E-state index contributed by atoms with van der Waals surface area (Å²) in [4.78, 5) is 0. The van der Waals surface area contributed by atoms with E-state index in [1.807, 2.05) is 25.0 Å². The highest BCUT2D eigenvalue weighted by Crippen LogP contribution is 2.29. The Labute approximate surface area is 121 Å². The molecular formula is C17H23N3. The summed E-state index contributed by atoms with van der Waals surface area (Å²) in [5.41, 5.74) is 7.01. The molecule has 0 atom stereocenters. The predicted molar refractivity (Wildman–Crippen MR) is 82.9 cm³/mol. The lowest BCUT2D eigenvalue weighted by Crippen LogP contribution is -2.13. The Kier molecular flexibility index (Phi) is 3.88. The van der Waals surface area contributed by atoms with E-state index in [0.29, 0.717) is 0 Å². The Hall–Kier alpha value is -1.61. The lowest BCUT2D eigenvalue weighted by molar-refractivity contribution is 0.681. The monoisotopic (exact) mass is 269 g/mol. The number of hydrogen-bond donors (Lipinski definition) is 1. The minimum Gasteiger partial charge on any atom is -0.319 e. The van der Waals surface area contributed by atoms with Crippen molar-refractivity contribution in [1.29, 1.82) is 0 Å². The zero-order valence-corrected chi connectivity index (χ0v) is 12.4. The maximum Gasteiger partial charge on any atom is 0.0571 e. The second-order valence-corrected chi connectivity index (χ2v) is 5.67. The van der Waals surface area contributed by atoms with Gasteiger partial charge in [0.15, 0.2) is 0 Å². The number of rotatable bonds is 4. The fourth-order valence-corrected chi connectivity index (χ4v) is 3.14. The number of nitrogens with zero attached hydrogens (tertiary/aromatic N) is 2. The average molecular weight is 269 g/mol. The van der Waals surface area contributed by atoms with Crippen LogP contribution in [0.3, 0.4) is 0 Å². The van der Waals surface area contributed by atoms with Crippen LogP contribution in [0.25, 0.3) is 11.1 Å². The van der Waals surface area contributed by atoms with E-state index in [1.54, 1.807) is 5.56 Å². The van der Waals surface area contributed by atoms with Gasteiger partial charge in [-0.1, -0.05) is 18.2 Å². The van der Waals surface area contributed by atoms with Crippen molar-refractivity contribution in [2.45, 2.75) is 32.1 Å². The number of benzene rings is 1. The molecule has 1 aromatic carbocycles. The van der Waals surface area contributed by atoms with E-state index in [4.69, 9.17) is 0 Å². The van der Waals surface area contributed by atoms with E-state index in [2.05, 4.69) is 28.6 Å². The van der Waals surface area contributed by atoms with Crippen molar-refractivity contribution in [2.24, 2.45) is 7.05 Å². The summed E-state index contributed by atoms with van der Waals surface area (Å²) in [5.74, 6) is 0. The third kappa shape index (κ3) is 2.50. The van der Waals surface area contributed by atoms with Gasteiger partial charge in [0, 0.05) is 31.3 Å². The van der Waals surface area contributed by atoms with Gasteiger partial charge in [-0.25, -0.2) is 0 Å². The molecule has 0 unspecified atom stereocenters. The molecule has 3 heteroatoms. The predicted octanol–water partition coefficient (Wildman–Crippen LogP) is 2.73. The van der Waals surface area contributed by atoms with E-state index in [9.17, 15) is 0 Å². The lowest BCUT2D eigenvalue weighted by Gasteiger charge is -2.16. The molecule has 0 aliphatic heterocycles. The molecule has 1 aromatic heterocycles. The highest BCUT2D eigenvalue weighted by molar-refractivity contribution is 5.67. The molecule has 0 bridgehead atoms. The van der Waals surface area contributed by atoms with Crippen LogP contribution in [0.4, 0.5) is 0 Å². The molecule has 0 saturated heterocycles. The van der Waals surface area contributed by atoms with Gasteiger partial charge >= 0.3 is 0 Å². The van der Waals surface area contributed by atoms with E-state index in [-0.39, 0.29) is 0 Å². The summed E-state index contributed by atoms with van der Waals surface area (Å²) in [7, 11) is 4.03. The molecule has 0 radical (unpaired) electrons. The number of hydrogen-bond acceptors (Lipinski definition) is 2. The summed E-state index contributed by atoms with van der Waals surface area (Å²) in [6, 6.07) is 6.97. The maximum absolute atomic E-state index is 4.45. The fraction of sp³-hybridized carbons (Fsp3) is 0.471. The Morgan fingerprint density at radius 2 is 2.00 bits per heavy atom. The average Bonchev–Trinajstić information content (AvgIpc) is 2.85. The standard InChI is InChI=1S/C17H23N3/c1-18-10-9-17-16(12-19-20(17)2)15-8-7-13-5-3-4-6-14(13)11-15/h7-8,11-12,18H,3-6,9-10H2,1-2H3. The van der Waals surface area contributed by atoms with Gasteiger partial charge < -0.3 is 5.32 Å². The van der Waals surface area contributed by atoms with Crippen molar-refractivity contribution in [1.82, 2.24) is 15.1 Å². The minimum absolute atomic E-state index is 0.984. The number of nitrogens with one attached hydrogen (secondary N) is 1. The van der Waals surface area contributed by atoms with Crippen molar-refractivity contribution in [3.8, 4) is 11.1 Å². The second kappa shape index (κ2) is 5.80. The largest absolute Gasteiger partial charge is 0.319 e. The maximum atomic E-state index is 4.45. The molecule has 1 heterocycles. The number of fused-ring (bicyclic) bond motifs is 1. The molecule has 3 nitrogen and oxygen atoms in total. The SMILES string of the molecule is CNCCc1c(-c2ccc3c(c2)CCCC3)cnn1C. The Morgan fingerprint density at radius 1 is 1.20 bits per heavy atom. The first-order valence-corrected chi connectivity index (χ1v) is 7.57. The van der Waals surface area contributed by atoms with E-state index in [0.717, 1.165) is 13.0 Å². The normalized spacial score (nSPS) is 14.3. The molecule has 1 N–H and O–H groups in total. The first-order chi connectivity index (χ1) is 9.79. The molecule has 20 heavy (non-hydrogen) atoms. The molecular weight excluding hydrogens is 246 g/mol. The highest BCUT2D eigenvalue weighted by Gasteiger charge is 2.14. The second-order valence-electron chi connectivity index (χ2n) is 5.67. The van der Waals surface area contributed by atoms with Crippen LogP contribution >= 0.6 is 0 Å². The number of aryl methyl sites for hydroxylation is 3. The van der Waals surface area contributed by atoms with Crippen LogP contribution in [-0.2, 0) is 26.3 Å². The van der Waals surface area contributed by atoms with Gasteiger partial charge in [0.2, 0.25) is 0 Å². The van der Waals surface area contributed by atoms with Crippen molar-refractivity contribution < 1.29 is 0 Å². The molecule has 1 aliphatic carbocycles. The van der Waals surface area contributed by atoms with Crippen LogP contribution < -0.4 is 5.32 Å². The molecule has 1 aliphatic rings. The van der Waals surface area contributed by atoms with Gasteiger partial charge in [0.05, 0.1) is 6.20 Å². The third-order valence-corrected chi connectivity index (χ3v) is 4.33. The van der Waals surface area contributed by atoms with Gasteiger partial charge in [-0.2, -0.15) is 5.10 Å². The zero-order chi connectivity index (χ0) is 13.9. The summed E-state index contributed by atoms with van der Waals surface area (Å²) < 4.78 is 2.01. The van der Waals surface area contributed by atoms with Crippen molar-refractivity contribution in [3.05, 3.63) is 41.2 Å². The minimum atomic E-state index is 0.984. The van der Waals surface area contributed by atoms with E-state index >= 15 is 0 Å². The molecule has 0 amide bonds. The first-order valence-electron chi connectivity index (χ1n) is 7.57. The van der Waals surface area contributed by atoms with Crippen LogP contribution in [0.2, 0.25) is 0 Å².